The van der Waals surface area contributed by atoms with Crippen molar-refractivity contribution in [2.75, 3.05) is 46.2 Å². The second-order valence-electron chi connectivity index (χ2n) is 21.8. The Morgan fingerprint density at radius 3 is 1.13 bits per heavy atom. The van der Waals surface area contributed by atoms with E-state index in [-0.39, 0.29) is 0 Å². The Morgan fingerprint density at radius 1 is 0.299 bits per heavy atom. The van der Waals surface area contributed by atoms with Crippen molar-refractivity contribution in [3.05, 3.63) is 0 Å². The molecule has 87 heavy (non-hydrogen) atoms. The third-order valence-electron chi connectivity index (χ3n) is 15.7. The Balaban J connectivity index is 1.17. The molecule has 504 valence electrons. The Bertz CT molecular complexity index is 2190. The van der Waals surface area contributed by atoms with Gasteiger partial charge in [0, 0.05) is 20.8 Å². The van der Waals surface area contributed by atoms with Crippen LogP contribution >= 0.6 is 0 Å². The molecule has 23 N–H and O–H groups in total. The summed E-state index contributed by atoms with van der Waals surface area (Å²) in [4.78, 5) is 37.7. The van der Waals surface area contributed by atoms with E-state index in [2.05, 4.69) is 16.0 Å². The number of ether oxygens (including phenoxy) is 13. The molecule has 7 rings (SSSR count). The number of carbonyl (C=O) groups is 3. The van der Waals surface area contributed by atoms with Crippen LogP contribution in [0.5, 0.6) is 0 Å². The zero-order valence-corrected chi connectivity index (χ0v) is 46.6. The fourth-order valence-corrected chi connectivity index (χ4v) is 11.1. The van der Waals surface area contributed by atoms with Crippen molar-refractivity contribution in [3.63, 3.8) is 0 Å². The SMILES string of the molecule is CC(=O)N[C@H]1[C@H](OC[C@H]2O[C@@H](O[C@H]3[C@H](O)[C@@H](O)[C@H](O)O[C@@H]3CO)[C@H](O)[C@@H](O[C@H]3O[C@H](CO)[C@H](O)[C@H](O[C@@H]4O[C@H](CO)[C@H](O)[C@H](O[C@H]5O[C@H](CO)[C@H](O)[C@H](O)[C@H]5NC(C)=O)[C@H]4NC(C)=O)[C@H]3O)[C@H]2O)O[C@H](CO)[C@@H](O[C@@H]2O[C@H](CO)[C@H](O)[C@H](O)[C@H]2O)[C@@H]1O. The van der Waals surface area contributed by atoms with Crippen LogP contribution in [0.1, 0.15) is 20.8 Å². The van der Waals surface area contributed by atoms with Gasteiger partial charge in [0.05, 0.1) is 46.2 Å². The van der Waals surface area contributed by atoms with Crippen LogP contribution in [0.25, 0.3) is 0 Å². The summed E-state index contributed by atoms with van der Waals surface area (Å²) < 4.78 is 75.2. The van der Waals surface area contributed by atoms with E-state index in [0.717, 1.165) is 20.8 Å². The summed E-state index contributed by atoms with van der Waals surface area (Å²) in [6, 6.07) is -5.16. The highest BCUT2D eigenvalue weighted by Crippen LogP contribution is 2.37. The van der Waals surface area contributed by atoms with Crippen LogP contribution in [0.15, 0.2) is 0 Å². The van der Waals surface area contributed by atoms with E-state index in [1.807, 2.05) is 0 Å². The Morgan fingerprint density at radius 2 is 0.632 bits per heavy atom. The molecule has 7 heterocycles. The number of nitrogens with one attached hydrogen (secondary N) is 3. The van der Waals surface area contributed by atoms with Crippen molar-refractivity contribution >= 4 is 17.7 Å². The standard InChI is InChI=1S/C48H81N3O36/c1-11(58)49-21-29(66)24(61)14(4-52)77-44(21)85-39-23(51-13(3)60)45(78-16(6-54)26(39)63)86-40-27(64)17(7-55)80-47(35(40)72)87-41-28(65)20(82-48(36(41)73)84-38-18(8-56)76-42(74)33(70)32(38)69)10-75-43-22(50-12(2)59)30(67)37(19(9-57)81-43)83-46-34(71)31(68)25(62)15(5-53)79-46/h14-48,52-57,61-74H,4-10H2,1-3H3,(H,49,58)(H,50,59)(H,51,60)/t14-,15-,16-,17-,18-,19-,20-,21-,22-,23-,24+,25+,26+,27+,28+,29-,30-,31+,32-,33-,34-,35-,36-,37-,38-,39-,40+,41+,42-,43-,44-,45+,46+,47-,48+/m1/s1. The minimum absolute atomic E-state index is 0.782. The van der Waals surface area contributed by atoms with Crippen molar-refractivity contribution in [2.45, 2.75) is 236 Å². The molecule has 0 saturated carbocycles. The molecule has 0 aliphatic carbocycles. The summed E-state index contributed by atoms with van der Waals surface area (Å²) in [5.41, 5.74) is 0. The predicted molar refractivity (Wildman–Crippen MR) is 267 cm³/mol. The summed E-state index contributed by atoms with van der Waals surface area (Å²) in [6.07, 6.45) is -63.0. The maximum absolute atomic E-state index is 12.8. The van der Waals surface area contributed by atoms with E-state index in [1.54, 1.807) is 0 Å². The average molecular weight is 1280 g/mol. The lowest BCUT2D eigenvalue weighted by Crippen LogP contribution is -2.71. The van der Waals surface area contributed by atoms with Gasteiger partial charge in [-0.1, -0.05) is 0 Å². The van der Waals surface area contributed by atoms with Crippen LogP contribution in [0.4, 0.5) is 0 Å². The van der Waals surface area contributed by atoms with Crippen LogP contribution in [-0.2, 0) is 76.0 Å². The molecule has 7 aliphatic rings. The van der Waals surface area contributed by atoms with Gasteiger partial charge in [0.25, 0.3) is 0 Å². The summed E-state index contributed by atoms with van der Waals surface area (Å²) in [5, 5.41) is 224. The van der Waals surface area contributed by atoms with E-state index in [4.69, 9.17) is 61.6 Å². The Kier molecular flexibility index (Phi) is 25.6. The average Bonchev–Trinajstić information content (AvgIpc) is 0.934. The zero-order chi connectivity index (χ0) is 64.2. The topological polar surface area (TPSA) is 612 Å². The first kappa shape index (κ1) is 71.5. The number of hydrogen-bond donors (Lipinski definition) is 23. The fourth-order valence-electron chi connectivity index (χ4n) is 11.1. The number of aliphatic hydroxyl groups is 20. The lowest BCUT2D eigenvalue weighted by Gasteiger charge is -2.51. The number of rotatable bonds is 22. The molecule has 0 bridgehead atoms. The van der Waals surface area contributed by atoms with Crippen LogP contribution in [0.3, 0.4) is 0 Å². The molecule has 0 spiro atoms. The highest BCUT2D eigenvalue weighted by molar-refractivity contribution is 5.74. The Hall–Kier alpha value is -2.91. The fraction of sp³-hybridized carbons (Fsp3) is 0.938. The monoisotopic (exact) mass is 1280 g/mol. The van der Waals surface area contributed by atoms with Crippen LogP contribution in [0.2, 0.25) is 0 Å². The molecule has 0 aromatic carbocycles. The third kappa shape index (κ3) is 15.8. The molecule has 39 nitrogen and oxygen atoms in total. The number of carbonyl (C=O) groups excluding carboxylic acids is 3. The van der Waals surface area contributed by atoms with Gasteiger partial charge in [-0.05, 0) is 0 Å². The third-order valence-corrected chi connectivity index (χ3v) is 15.7. The number of hydrogen-bond acceptors (Lipinski definition) is 36. The number of amides is 3. The summed E-state index contributed by atoms with van der Waals surface area (Å²) in [7, 11) is 0. The van der Waals surface area contributed by atoms with Crippen LogP contribution in [0, 0.1) is 0 Å². The summed E-state index contributed by atoms with van der Waals surface area (Å²) in [6.45, 7) is -3.96. The largest absolute Gasteiger partial charge is 0.394 e. The molecule has 0 aromatic rings. The maximum Gasteiger partial charge on any atom is 0.217 e. The van der Waals surface area contributed by atoms with Crippen molar-refractivity contribution in [3.8, 4) is 0 Å². The normalized spacial score (nSPS) is 48.9. The molecular weight excluding hydrogens is 1190 g/mol. The van der Waals surface area contributed by atoms with E-state index in [0.29, 0.717) is 0 Å². The van der Waals surface area contributed by atoms with Gasteiger partial charge in [-0.25, -0.2) is 0 Å². The van der Waals surface area contributed by atoms with Crippen LogP contribution < -0.4 is 16.0 Å². The van der Waals surface area contributed by atoms with Crippen LogP contribution in [-0.4, -0.2) is 381 Å². The van der Waals surface area contributed by atoms with Gasteiger partial charge in [0.2, 0.25) is 17.7 Å². The molecule has 0 aromatic heterocycles. The zero-order valence-electron chi connectivity index (χ0n) is 46.6. The van der Waals surface area contributed by atoms with E-state index >= 15 is 0 Å². The molecule has 7 saturated heterocycles. The van der Waals surface area contributed by atoms with E-state index in [9.17, 15) is 117 Å². The lowest BCUT2D eigenvalue weighted by atomic mass is 9.93. The van der Waals surface area contributed by atoms with E-state index < -0.39 is 279 Å². The van der Waals surface area contributed by atoms with Crippen molar-refractivity contribution < 1.29 is 178 Å². The molecule has 0 unspecified atom stereocenters. The molecule has 7 fully saturated rings. The molecule has 3 amide bonds. The van der Waals surface area contributed by atoms with Gasteiger partial charge in [-0.2, -0.15) is 0 Å². The van der Waals surface area contributed by atoms with Gasteiger partial charge in [0.1, 0.15) is 171 Å². The van der Waals surface area contributed by atoms with E-state index in [1.165, 1.54) is 0 Å². The minimum atomic E-state index is -2.37. The molecule has 39 heteroatoms. The minimum Gasteiger partial charge on any atom is -0.394 e. The highest BCUT2D eigenvalue weighted by atomic mass is 16.8. The van der Waals surface area contributed by atoms with Crippen molar-refractivity contribution in [2.24, 2.45) is 0 Å². The van der Waals surface area contributed by atoms with Gasteiger partial charge < -0.3 is 180 Å². The van der Waals surface area contributed by atoms with Gasteiger partial charge >= 0.3 is 0 Å². The Labute approximate surface area is 492 Å². The quantitative estimate of drug-likeness (QED) is 0.0479. The molecule has 0 radical (unpaired) electrons. The number of aliphatic hydroxyl groups excluding tert-OH is 20. The first-order valence-electron chi connectivity index (χ1n) is 27.6. The molecule has 7 aliphatic heterocycles. The van der Waals surface area contributed by atoms with Crippen molar-refractivity contribution in [1.29, 1.82) is 0 Å². The second kappa shape index (κ2) is 31.1. The van der Waals surface area contributed by atoms with Gasteiger partial charge in [-0.15, -0.1) is 0 Å². The summed E-state index contributed by atoms with van der Waals surface area (Å²) in [5.74, 6) is -2.51. The van der Waals surface area contributed by atoms with Gasteiger partial charge in [-0.3, -0.25) is 14.4 Å². The highest BCUT2D eigenvalue weighted by Gasteiger charge is 2.59. The predicted octanol–water partition coefficient (Wildman–Crippen LogP) is -15.8. The lowest BCUT2D eigenvalue weighted by molar-refractivity contribution is -0.391. The first-order chi connectivity index (χ1) is 41.1. The summed E-state index contributed by atoms with van der Waals surface area (Å²) >= 11 is 0. The molecule has 35 atom stereocenters. The van der Waals surface area contributed by atoms with Crippen molar-refractivity contribution in [1.82, 2.24) is 16.0 Å². The first-order valence-corrected chi connectivity index (χ1v) is 27.6. The van der Waals surface area contributed by atoms with Gasteiger partial charge in [0.15, 0.2) is 44.0 Å². The molecular formula is C48H81N3O36. The maximum atomic E-state index is 12.8. The smallest absolute Gasteiger partial charge is 0.217 e. The second-order valence-corrected chi connectivity index (χ2v) is 21.8.